The summed E-state index contributed by atoms with van der Waals surface area (Å²) < 4.78 is 37.6. The summed E-state index contributed by atoms with van der Waals surface area (Å²) in [5.41, 5.74) is 1.78. The number of carbonyl (C=O) groups excluding carboxylic acids is 2. The van der Waals surface area contributed by atoms with E-state index < -0.39 is 29.6 Å². The second-order valence-electron chi connectivity index (χ2n) is 7.76. The Hall–Kier alpha value is -3.55. The van der Waals surface area contributed by atoms with Gasteiger partial charge in [0.15, 0.2) is 17.8 Å². The molecular weight excluding hydrogens is 430 g/mol. The lowest BCUT2D eigenvalue weighted by Crippen LogP contribution is -2.30. The molecule has 33 heavy (non-hydrogen) atoms. The minimum absolute atomic E-state index is 0.0701. The van der Waals surface area contributed by atoms with Crippen LogP contribution in [0.15, 0.2) is 53.1 Å². The fourth-order valence-electron chi connectivity index (χ4n) is 3.25. The lowest BCUT2D eigenvalue weighted by molar-refractivity contribution is -0.153. The number of hydrogen-bond donors (Lipinski definition) is 1. The molecule has 0 aliphatic carbocycles. The van der Waals surface area contributed by atoms with Gasteiger partial charge in [-0.1, -0.05) is 32.0 Å². The number of benzene rings is 2. The summed E-state index contributed by atoms with van der Waals surface area (Å²) in [6.45, 7) is 5.65. The molecule has 8 heteroatoms. The van der Waals surface area contributed by atoms with Gasteiger partial charge in [-0.05, 0) is 43.0 Å². The topological polar surface area (TPSA) is 81.4 Å². The van der Waals surface area contributed by atoms with Crippen LogP contribution in [0.2, 0.25) is 0 Å². The van der Waals surface area contributed by atoms with Gasteiger partial charge in [0, 0.05) is 18.2 Å². The van der Waals surface area contributed by atoms with Gasteiger partial charge < -0.3 is 14.5 Å². The molecular formula is C25H26F2N2O4. The molecule has 0 radical (unpaired) electrons. The number of para-hydroxylation sites is 1. The first-order valence-corrected chi connectivity index (χ1v) is 10.8. The highest BCUT2D eigenvalue weighted by Gasteiger charge is 2.20. The molecule has 1 heterocycles. The molecule has 0 fully saturated rings. The van der Waals surface area contributed by atoms with Gasteiger partial charge in [0.1, 0.15) is 11.6 Å². The number of anilines is 1. The molecule has 2 atom stereocenters. The SMILES string of the molecule is CCC(C)c1ccccc1NC(=O)C(C)OC(=O)CCc1ncc(-c2ccc(F)cc2F)o1. The standard InChI is InChI=1S/C25H26F2N2O4/c1-4-15(2)18-7-5-6-8-21(18)29-25(31)16(3)32-24(30)12-11-23-28-14-22(33-23)19-10-9-17(26)13-20(19)27/h5-10,13-16H,4,11-12H2,1-3H3,(H,29,31). The molecule has 0 saturated carbocycles. The van der Waals surface area contributed by atoms with Crippen LogP contribution in [0.25, 0.3) is 11.3 Å². The van der Waals surface area contributed by atoms with Crippen molar-refractivity contribution in [2.45, 2.75) is 52.1 Å². The average Bonchev–Trinajstić information content (AvgIpc) is 3.26. The van der Waals surface area contributed by atoms with Gasteiger partial charge in [0.25, 0.3) is 5.91 Å². The summed E-state index contributed by atoms with van der Waals surface area (Å²) in [7, 11) is 0. The van der Waals surface area contributed by atoms with Crippen LogP contribution < -0.4 is 5.32 Å². The number of amides is 1. The summed E-state index contributed by atoms with van der Waals surface area (Å²) in [6.07, 6.45) is 1.27. The first-order chi connectivity index (χ1) is 15.8. The van der Waals surface area contributed by atoms with Crippen LogP contribution in [0.5, 0.6) is 0 Å². The first kappa shape index (κ1) is 24.1. The number of rotatable bonds is 9. The van der Waals surface area contributed by atoms with Crippen LogP contribution in [-0.2, 0) is 20.7 Å². The molecule has 2 aromatic carbocycles. The van der Waals surface area contributed by atoms with Crippen molar-refractivity contribution < 1.29 is 27.5 Å². The summed E-state index contributed by atoms with van der Waals surface area (Å²) in [5.74, 6) is -1.89. The number of halogens is 2. The molecule has 3 rings (SSSR count). The smallest absolute Gasteiger partial charge is 0.307 e. The van der Waals surface area contributed by atoms with E-state index in [1.54, 1.807) is 0 Å². The molecule has 0 bridgehead atoms. The maximum atomic E-state index is 13.9. The number of aryl methyl sites for hydroxylation is 1. The lowest BCUT2D eigenvalue weighted by Gasteiger charge is -2.18. The van der Waals surface area contributed by atoms with Crippen LogP contribution >= 0.6 is 0 Å². The largest absolute Gasteiger partial charge is 0.453 e. The van der Waals surface area contributed by atoms with Gasteiger partial charge in [-0.25, -0.2) is 13.8 Å². The molecule has 0 aliphatic rings. The Kier molecular flexibility index (Phi) is 7.92. The van der Waals surface area contributed by atoms with Gasteiger partial charge >= 0.3 is 5.97 Å². The van der Waals surface area contributed by atoms with Crippen molar-refractivity contribution in [1.82, 2.24) is 4.98 Å². The number of esters is 1. The predicted octanol–water partition coefficient (Wildman–Crippen LogP) is 5.64. The Balaban J connectivity index is 1.53. The maximum Gasteiger partial charge on any atom is 0.307 e. The first-order valence-electron chi connectivity index (χ1n) is 10.8. The Morgan fingerprint density at radius 1 is 1.15 bits per heavy atom. The molecule has 2 unspecified atom stereocenters. The molecule has 0 spiro atoms. The van der Waals surface area contributed by atoms with Crippen molar-refractivity contribution in [1.29, 1.82) is 0 Å². The zero-order chi connectivity index (χ0) is 24.0. The van der Waals surface area contributed by atoms with E-state index in [1.807, 2.05) is 24.3 Å². The van der Waals surface area contributed by atoms with E-state index >= 15 is 0 Å². The molecule has 6 nitrogen and oxygen atoms in total. The van der Waals surface area contributed by atoms with Crippen LogP contribution in [0.1, 0.15) is 51.0 Å². The maximum absolute atomic E-state index is 13.9. The molecule has 0 saturated heterocycles. The van der Waals surface area contributed by atoms with Crippen molar-refractivity contribution in [3.05, 3.63) is 71.8 Å². The van der Waals surface area contributed by atoms with E-state index in [9.17, 15) is 18.4 Å². The van der Waals surface area contributed by atoms with Gasteiger partial charge in [-0.2, -0.15) is 0 Å². The summed E-state index contributed by atoms with van der Waals surface area (Å²) >= 11 is 0. The van der Waals surface area contributed by atoms with Crippen molar-refractivity contribution in [2.75, 3.05) is 5.32 Å². The second kappa shape index (κ2) is 10.8. The number of carbonyl (C=O) groups is 2. The Morgan fingerprint density at radius 3 is 2.64 bits per heavy atom. The van der Waals surface area contributed by atoms with Crippen molar-refractivity contribution in [3.8, 4) is 11.3 Å². The second-order valence-corrected chi connectivity index (χ2v) is 7.76. The normalized spacial score (nSPS) is 12.8. The highest BCUT2D eigenvalue weighted by atomic mass is 19.1. The molecule has 1 amide bonds. The third kappa shape index (κ3) is 6.25. The minimum Gasteiger partial charge on any atom is -0.453 e. The van der Waals surface area contributed by atoms with E-state index in [4.69, 9.17) is 9.15 Å². The zero-order valence-corrected chi connectivity index (χ0v) is 18.7. The number of nitrogens with one attached hydrogen (secondary N) is 1. The fraction of sp³-hybridized carbons (Fsp3) is 0.320. The number of hydrogen-bond acceptors (Lipinski definition) is 5. The fourth-order valence-corrected chi connectivity index (χ4v) is 3.25. The summed E-state index contributed by atoms with van der Waals surface area (Å²) in [6, 6.07) is 10.7. The monoisotopic (exact) mass is 456 g/mol. The van der Waals surface area contributed by atoms with Crippen LogP contribution in [0.3, 0.4) is 0 Å². The lowest BCUT2D eigenvalue weighted by atomic mass is 9.97. The Labute approximate surface area is 191 Å². The van der Waals surface area contributed by atoms with Gasteiger partial charge in [0.05, 0.1) is 18.2 Å². The highest BCUT2D eigenvalue weighted by Crippen LogP contribution is 2.27. The molecule has 0 aliphatic heterocycles. The molecule has 3 aromatic rings. The number of ether oxygens (including phenoxy) is 1. The Bertz CT molecular complexity index is 1130. The van der Waals surface area contributed by atoms with Crippen molar-refractivity contribution in [2.24, 2.45) is 0 Å². The van der Waals surface area contributed by atoms with Crippen LogP contribution in [0.4, 0.5) is 14.5 Å². The van der Waals surface area contributed by atoms with E-state index in [0.29, 0.717) is 5.69 Å². The Morgan fingerprint density at radius 2 is 1.91 bits per heavy atom. The third-order valence-electron chi connectivity index (χ3n) is 5.33. The van der Waals surface area contributed by atoms with Crippen LogP contribution in [0, 0.1) is 11.6 Å². The molecule has 1 aromatic heterocycles. The predicted molar refractivity (Wildman–Crippen MR) is 120 cm³/mol. The summed E-state index contributed by atoms with van der Waals surface area (Å²) in [5, 5.41) is 2.83. The minimum atomic E-state index is -0.990. The van der Waals surface area contributed by atoms with Crippen molar-refractivity contribution >= 4 is 17.6 Å². The highest BCUT2D eigenvalue weighted by molar-refractivity contribution is 5.95. The van der Waals surface area contributed by atoms with E-state index in [-0.39, 0.29) is 36.0 Å². The molecule has 1 N–H and O–H groups in total. The molecule has 174 valence electrons. The van der Waals surface area contributed by atoms with Crippen molar-refractivity contribution in [3.63, 3.8) is 0 Å². The van der Waals surface area contributed by atoms with E-state index in [2.05, 4.69) is 24.1 Å². The summed E-state index contributed by atoms with van der Waals surface area (Å²) in [4.78, 5) is 28.7. The average molecular weight is 456 g/mol. The number of aromatic nitrogens is 1. The third-order valence-corrected chi connectivity index (χ3v) is 5.33. The van der Waals surface area contributed by atoms with Crippen LogP contribution in [-0.4, -0.2) is 23.0 Å². The van der Waals surface area contributed by atoms with Gasteiger partial charge in [0.2, 0.25) is 0 Å². The quantitative estimate of drug-likeness (QED) is 0.422. The van der Waals surface area contributed by atoms with E-state index in [1.165, 1.54) is 19.2 Å². The van der Waals surface area contributed by atoms with E-state index in [0.717, 1.165) is 24.1 Å². The number of nitrogens with zero attached hydrogens (tertiary/aromatic N) is 1. The zero-order valence-electron chi connectivity index (χ0n) is 18.7. The van der Waals surface area contributed by atoms with Gasteiger partial charge in [-0.15, -0.1) is 0 Å². The van der Waals surface area contributed by atoms with Gasteiger partial charge in [-0.3, -0.25) is 9.59 Å². The number of oxazole rings is 1.